The predicted octanol–water partition coefficient (Wildman–Crippen LogP) is 4.14. The third-order valence-electron chi connectivity index (χ3n) is 3.66. The Morgan fingerprint density at radius 2 is 1.38 bits per heavy atom. The van der Waals surface area contributed by atoms with Crippen LogP contribution in [0.3, 0.4) is 0 Å². The van der Waals surface area contributed by atoms with Gasteiger partial charge in [-0.15, -0.1) is 0 Å². The average molecular weight is 275 g/mol. The van der Waals surface area contributed by atoms with Crippen LogP contribution >= 0.6 is 0 Å². The average Bonchev–Trinajstić information content (AvgIpc) is 2.54. The van der Waals surface area contributed by atoms with E-state index < -0.39 is 0 Å². The van der Waals surface area contributed by atoms with Gasteiger partial charge < -0.3 is 4.90 Å². The molecule has 0 aliphatic heterocycles. The van der Waals surface area contributed by atoms with E-state index >= 15 is 0 Å². The summed E-state index contributed by atoms with van der Waals surface area (Å²) in [5, 5.41) is 2.24. The first kappa shape index (κ1) is 13.4. The largest absolute Gasteiger partial charge is 0.378 e. The number of ketones is 1. The molecule has 2 nitrogen and oxygen atoms in total. The summed E-state index contributed by atoms with van der Waals surface area (Å²) in [7, 11) is 3.97. The first-order valence-electron chi connectivity index (χ1n) is 6.96. The van der Waals surface area contributed by atoms with Crippen LogP contribution in [0.25, 0.3) is 10.8 Å². The summed E-state index contributed by atoms with van der Waals surface area (Å²) < 4.78 is 0. The van der Waals surface area contributed by atoms with Crippen molar-refractivity contribution in [3.05, 3.63) is 77.9 Å². The lowest BCUT2D eigenvalue weighted by molar-refractivity contribution is 0.103. The molecule has 0 saturated heterocycles. The van der Waals surface area contributed by atoms with Crippen LogP contribution in [-0.2, 0) is 0 Å². The molecule has 0 saturated carbocycles. The molecular formula is C19H17NO. The quantitative estimate of drug-likeness (QED) is 0.670. The number of hydrogen-bond donors (Lipinski definition) is 0. The van der Waals surface area contributed by atoms with Gasteiger partial charge in [0.2, 0.25) is 0 Å². The third-order valence-corrected chi connectivity index (χ3v) is 3.66. The molecule has 0 aliphatic carbocycles. The van der Waals surface area contributed by atoms with Crippen LogP contribution < -0.4 is 4.90 Å². The normalized spacial score (nSPS) is 10.6. The molecule has 0 aliphatic rings. The molecule has 0 N–H and O–H groups in total. The van der Waals surface area contributed by atoms with E-state index in [1.807, 2.05) is 79.7 Å². The smallest absolute Gasteiger partial charge is 0.193 e. The van der Waals surface area contributed by atoms with E-state index in [2.05, 4.69) is 6.07 Å². The van der Waals surface area contributed by atoms with Crippen LogP contribution in [-0.4, -0.2) is 19.9 Å². The zero-order valence-electron chi connectivity index (χ0n) is 12.2. The summed E-state index contributed by atoms with van der Waals surface area (Å²) in [6.07, 6.45) is 0. The van der Waals surface area contributed by atoms with Crippen LogP contribution in [0.4, 0.5) is 5.69 Å². The van der Waals surface area contributed by atoms with Gasteiger partial charge in [0, 0.05) is 30.9 Å². The number of rotatable bonds is 3. The van der Waals surface area contributed by atoms with Crippen LogP contribution in [0, 0.1) is 0 Å². The number of carbonyl (C=O) groups is 1. The molecule has 0 atom stereocenters. The van der Waals surface area contributed by atoms with E-state index in [-0.39, 0.29) is 5.78 Å². The van der Waals surface area contributed by atoms with Crippen molar-refractivity contribution in [1.82, 2.24) is 0 Å². The second-order valence-electron chi connectivity index (χ2n) is 5.33. The number of benzene rings is 3. The minimum absolute atomic E-state index is 0.0612. The number of hydrogen-bond acceptors (Lipinski definition) is 2. The molecular weight excluding hydrogens is 258 g/mol. The summed E-state index contributed by atoms with van der Waals surface area (Å²) in [6, 6.07) is 21.6. The van der Waals surface area contributed by atoms with E-state index in [0.29, 0.717) is 0 Å². The van der Waals surface area contributed by atoms with Crippen molar-refractivity contribution < 1.29 is 4.79 Å². The van der Waals surface area contributed by atoms with Crippen LogP contribution in [0.5, 0.6) is 0 Å². The highest BCUT2D eigenvalue weighted by atomic mass is 16.1. The Labute approximate surface area is 124 Å². The van der Waals surface area contributed by atoms with Gasteiger partial charge in [0.25, 0.3) is 0 Å². The molecule has 0 heterocycles. The molecule has 104 valence electrons. The van der Waals surface area contributed by atoms with E-state index in [1.54, 1.807) is 0 Å². The van der Waals surface area contributed by atoms with Crippen LogP contribution in [0.15, 0.2) is 66.7 Å². The maximum atomic E-state index is 12.6. The highest BCUT2D eigenvalue weighted by molar-refractivity contribution is 6.10. The summed E-state index contributed by atoms with van der Waals surface area (Å²) in [5.41, 5.74) is 2.53. The number of carbonyl (C=O) groups excluding carboxylic acids is 1. The molecule has 0 spiro atoms. The lowest BCUT2D eigenvalue weighted by atomic mass is 10.00. The van der Waals surface area contributed by atoms with Crippen molar-refractivity contribution in [3.8, 4) is 0 Å². The third kappa shape index (κ3) is 2.65. The van der Waals surface area contributed by atoms with Gasteiger partial charge in [-0.1, -0.05) is 36.4 Å². The van der Waals surface area contributed by atoms with Gasteiger partial charge in [-0.05, 0) is 41.1 Å². The van der Waals surface area contributed by atoms with Crippen molar-refractivity contribution in [2.45, 2.75) is 0 Å². The number of anilines is 1. The molecule has 0 amide bonds. The van der Waals surface area contributed by atoms with Gasteiger partial charge in [0.15, 0.2) is 5.78 Å². The molecule has 2 heteroatoms. The molecule has 21 heavy (non-hydrogen) atoms. The van der Waals surface area contributed by atoms with E-state index in [9.17, 15) is 4.79 Å². The van der Waals surface area contributed by atoms with Crippen molar-refractivity contribution in [2.75, 3.05) is 19.0 Å². The Hall–Kier alpha value is -2.61. The van der Waals surface area contributed by atoms with Gasteiger partial charge in [0.05, 0.1) is 0 Å². The number of nitrogens with zero attached hydrogens (tertiary/aromatic N) is 1. The van der Waals surface area contributed by atoms with Crippen molar-refractivity contribution >= 4 is 22.2 Å². The molecule has 0 aromatic heterocycles. The van der Waals surface area contributed by atoms with E-state index in [4.69, 9.17) is 0 Å². The fourth-order valence-corrected chi connectivity index (χ4v) is 2.41. The lowest BCUT2D eigenvalue weighted by Crippen LogP contribution is -2.09. The maximum Gasteiger partial charge on any atom is 0.193 e. The zero-order valence-corrected chi connectivity index (χ0v) is 12.2. The maximum absolute atomic E-state index is 12.6. The van der Waals surface area contributed by atoms with Crippen molar-refractivity contribution in [1.29, 1.82) is 0 Å². The Morgan fingerprint density at radius 1 is 0.762 bits per heavy atom. The monoisotopic (exact) mass is 275 g/mol. The summed E-state index contributed by atoms with van der Waals surface area (Å²) in [4.78, 5) is 14.6. The SMILES string of the molecule is CN(C)c1ccc(C(=O)c2ccc3ccccc3c2)cc1. The van der Waals surface area contributed by atoms with E-state index in [0.717, 1.165) is 27.6 Å². The number of fused-ring (bicyclic) bond motifs is 1. The zero-order chi connectivity index (χ0) is 14.8. The van der Waals surface area contributed by atoms with Gasteiger partial charge >= 0.3 is 0 Å². The molecule has 0 bridgehead atoms. The fraction of sp³-hybridized carbons (Fsp3) is 0.105. The van der Waals surface area contributed by atoms with E-state index in [1.165, 1.54) is 0 Å². The fourth-order valence-electron chi connectivity index (χ4n) is 2.41. The first-order valence-corrected chi connectivity index (χ1v) is 6.96. The molecule has 0 unspecified atom stereocenters. The highest BCUT2D eigenvalue weighted by Crippen LogP contribution is 2.19. The highest BCUT2D eigenvalue weighted by Gasteiger charge is 2.09. The summed E-state index contributed by atoms with van der Waals surface area (Å²) >= 11 is 0. The Morgan fingerprint density at radius 3 is 2.05 bits per heavy atom. The topological polar surface area (TPSA) is 20.3 Å². The second-order valence-corrected chi connectivity index (χ2v) is 5.33. The van der Waals surface area contributed by atoms with Gasteiger partial charge in [-0.2, -0.15) is 0 Å². The molecule has 3 aromatic rings. The molecule has 3 aromatic carbocycles. The Kier molecular flexibility index (Phi) is 3.44. The molecule has 0 radical (unpaired) electrons. The second kappa shape index (κ2) is 5.41. The van der Waals surface area contributed by atoms with Crippen LogP contribution in [0.1, 0.15) is 15.9 Å². The minimum atomic E-state index is 0.0612. The van der Waals surface area contributed by atoms with Gasteiger partial charge in [-0.3, -0.25) is 4.79 Å². The van der Waals surface area contributed by atoms with Gasteiger partial charge in [-0.25, -0.2) is 0 Å². The Bertz CT molecular complexity index is 788. The molecule has 0 fully saturated rings. The summed E-state index contributed by atoms with van der Waals surface area (Å²) in [6.45, 7) is 0. The van der Waals surface area contributed by atoms with Gasteiger partial charge in [0.1, 0.15) is 0 Å². The molecule has 3 rings (SSSR count). The minimum Gasteiger partial charge on any atom is -0.378 e. The Balaban J connectivity index is 1.95. The first-order chi connectivity index (χ1) is 10.1. The van der Waals surface area contributed by atoms with Crippen molar-refractivity contribution in [3.63, 3.8) is 0 Å². The van der Waals surface area contributed by atoms with Crippen LogP contribution in [0.2, 0.25) is 0 Å². The summed E-state index contributed by atoms with van der Waals surface area (Å²) in [5.74, 6) is 0.0612. The standard InChI is InChI=1S/C19H17NO/c1-20(2)18-11-9-15(10-12-18)19(21)17-8-7-14-5-3-4-6-16(14)13-17/h3-13H,1-2H3. The lowest BCUT2D eigenvalue weighted by Gasteiger charge is -2.12. The predicted molar refractivity (Wildman–Crippen MR) is 88.1 cm³/mol. The van der Waals surface area contributed by atoms with Crippen molar-refractivity contribution in [2.24, 2.45) is 0 Å².